The van der Waals surface area contributed by atoms with Gasteiger partial charge in [-0.25, -0.2) is 0 Å². The fraction of sp³-hybridized carbons (Fsp3) is 0.500. The minimum atomic E-state index is -0.0197. The van der Waals surface area contributed by atoms with E-state index in [2.05, 4.69) is 35.7 Å². The van der Waals surface area contributed by atoms with Gasteiger partial charge in [0.2, 0.25) is 5.91 Å². The Morgan fingerprint density at radius 2 is 2.00 bits per heavy atom. The number of likely N-dealkylation sites (N-methyl/N-ethyl adjacent to an activating group) is 1. The van der Waals surface area contributed by atoms with E-state index in [9.17, 15) is 4.79 Å². The average molecular weight is 318 g/mol. The van der Waals surface area contributed by atoms with E-state index in [-0.39, 0.29) is 5.91 Å². The van der Waals surface area contributed by atoms with Gasteiger partial charge in [0, 0.05) is 30.1 Å². The molecule has 3 nitrogen and oxygen atoms in total. The van der Waals surface area contributed by atoms with Gasteiger partial charge >= 0.3 is 0 Å². The molecular formula is C18H26N2OS. The van der Waals surface area contributed by atoms with Crippen LogP contribution in [0.1, 0.15) is 31.2 Å². The second-order valence-electron chi connectivity index (χ2n) is 5.82. The Labute approximate surface area is 138 Å². The van der Waals surface area contributed by atoms with Gasteiger partial charge in [0.05, 0.1) is 0 Å². The van der Waals surface area contributed by atoms with Crippen LogP contribution >= 0.6 is 11.8 Å². The predicted molar refractivity (Wildman–Crippen MR) is 95.2 cm³/mol. The zero-order chi connectivity index (χ0) is 15.8. The molecule has 4 heteroatoms. The molecule has 1 aromatic carbocycles. The van der Waals surface area contributed by atoms with Crippen molar-refractivity contribution in [2.75, 3.05) is 26.4 Å². The van der Waals surface area contributed by atoms with Crippen LogP contribution < -0.4 is 5.32 Å². The second-order valence-corrected chi connectivity index (χ2v) is 6.70. The standard InChI is InChI=1S/C18H26N2OS/c1-20(16-5-3-4-6-16)14-13-19-18(21)12-9-15-7-10-17(22-2)11-8-15/h7-12,16H,3-6,13-14H2,1-2H3,(H,19,21)/b12-9+. The molecule has 1 fully saturated rings. The molecule has 0 aromatic heterocycles. The van der Waals surface area contributed by atoms with Gasteiger partial charge in [-0.2, -0.15) is 0 Å². The maximum absolute atomic E-state index is 11.8. The molecule has 0 atom stereocenters. The van der Waals surface area contributed by atoms with Crippen LogP contribution in [0.4, 0.5) is 0 Å². The van der Waals surface area contributed by atoms with Crippen molar-refractivity contribution >= 4 is 23.7 Å². The Morgan fingerprint density at radius 3 is 2.64 bits per heavy atom. The first-order valence-electron chi connectivity index (χ1n) is 7.99. The van der Waals surface area contributed by atoms with Crippen molar-refractivity contribution in [2.45, 2.75) is 36.6 Å². The first-order chi connectivity index (χ1) is 10.7. The maximum Gasteiger partial charge on any atom is 0.244 e. The fourth-order valence-electron chi connectivity index (χ4n) is 2.83. The van der Waals surface area contributed by atoms with Crippen molar-refractivity contribution in [3.63, 3.8) is 0 Å². The Hall–Kier alpha value is -1.26. The van der Waals surface area contributed by atoms with Crippen LogP contribution in [0.25, 0.3) is 6.08 Å². The van der Waals surface area contributed by atoms with Crippen LogP contribution in [0.5, 0.6) is 0 Å². The van der Waals surface area contributed by atoms with Crippen molar-refractivity contribution < 1.29 is 4.79 Å². The first-order valence-corrected chi connectivity index (χ1v) is 9.21. The quantitative estimate of drug-likeness (QED) is 0.618. The van der Waals surface area contributed by atoms with E-state index in [0.29, 0.717) is 12.6 Å². The third-order valence-corrected chi connectivity index (χ3v) is 5.00. The summed E-state index contributed by atoms with van der Waals surface area (Å²) in [7, 11) is 2.16. The van der Waals surface area contributed by atoms with Gasteiger partial charge in [-0.15, -0.1) is 11.8 Å². The topological polar surface area (TPSA) is 32.3 Å². The third kappa shape index (κ3) is 5.50. The molecule has 1 N–H and O–H groups in total. The molecule has 120 valence electrons. The molecule has 1 aliphatic carbocycles. The van der Waals surface area contributed by atoms with Crippen LogP contribution in [0.15, 0.2) is 35.2 Å². The highest BCUT2D eigenvalue weighted by atomic mass is 32.2. The Bertz CT molecular complexity index is 492. The minimum absolute atomic E-state index is 0.0197. The van der Waals surface area contributed by atoms with Crippen molar-refractivity contribution in [3.8, 4) is 0 Å². The molecule has 22 heavy (non-hydrogen) atoms. The molecule has 0 radical (unpaired) electrons. The molecule has 1 aliphatic rings. The average Bonchev–Trinajstić information content (AvgIpc) is 3.08. The zero-order valence-corrected chi connectivity index (χ0v) is 14.4. The summed E-state index contributed by atoms with van der Waals surface area (Å²) in [5.41, 5.74) is 1.05. The van der Waals surface area contributed by atoms with E-state index in [1.54, 1.807) is 17.8 Å². The largest absolute Gasteiger partial charge is 0.351 e. The summed E-state index contributed by atoms with van der Waals surface area (Å²) in [5.74, 6) is -0.0197. The number of thioether (sulfide) groups is 1. The van der Waals surface area contributed by atoms with Crippen LogP contribution in [-0.4, -0.2) is 43.2 Å². The number of benzene rings is 1. The number of amides is 1. The summed E-state index contributed by atoms with van der Waals surface area (Å²) in [6.07, 6.45) is 10.8. The van der Waals surface area contributed by atoms with E-state index < -0.39 is 0 Å². The van der Waals surface area contributed by atoms with Gasteiger partial charge in [-0.05, 0) is 49.9 Å². The lowest BCUT2D eigenvalue weighted by Gasteiger charge is -2.23. The fourth-order valence-corrected chi connectivity index (χ4v) is 3.24. The molecule has 0 heterocycles. The number of nitrogens with zero attached hydrogens (tertiary/aromatic N) is 1. The van der Waals surface area contributed by atoms with Crippen LogP contribution in [0, 0.1) is 0 Å². The predicted octanol–water partition coefficient (Wildman–Crippen LogP) is 3.41. The van der Waals surface area contributed by atoms with Gasteiger partial charge in [-0.1, -0.05) is 25.0 Å². The SMILES string of the molecule is CSc1ccc(/C=C/C(=O)NCCN(C)C2CCCC2)cc1. The zero-order valence-electron chi connectivity index (χ0n) is 13.5. The number of hydrogen-bond acceptors (Lipinski definition) is 3. The maximum atomic E-state index is 11.8. The molecule has 1 saturated carbocycles. The van der Waals surface area contributed by atoms with Gasteiger partial charge in [0.25, 0.3) is 0 Å². The van der Waals surface area contributed by atoms with E-state index >= 15 is 0 Å². The lowest BCUT2D eigenvalue weighted by Crippen LogP contribution is -2.36. The number of nitrogens with one attached hydrogen (secondary N) is 1. The highest BCUT2D eigenvalue weighted by molar-refractivity contribution is 7.98. The van der Waals surface area contributed by atoms with E-state index in [0.717, 1.165) is 12.1 Å². The van der Waals surface area contributed by atoms with Crippen LogP contribution in [0.2, 0.25) is 0 Å². The van der Waals surface area contributed by atoms with E-state index in [4.69, 9.17) is 0 Å². The molecule has 0 saturated heterocycles. The first kappa shape index (κ1) is 17.1. The van der Waals surface area contributed by atoms with E-state index in [1.807, 2.05) is 18.2 Å². The third-order valence-electron chi connectivity index (χ3n) is 4.25. The van der Waals surface area contributed by atoms with Gasteiger partial charge in [0.1, 0.15) is 0 Å². The summed E-state index contributed by atoms with van der Waals surface area (Å²) in [4.78, 5) is 15.4. The summed E-state index contributed by atoms with van der Waals surface area (Å²) < 4.78 is 0. The van der Waals surface area contributed by atoms with Crippen molar-refractivity contribution in [1.82, 2.24) is 10.2 Å². The molecule has 2 rings (SSSR count). The van der Waals surface area contributed by atoms with Crippen LogP contribution in [0.3, 0.4) is 0 Å². The lowest BCUT2D eigenvalue weighted by atomic mass is 10.2. The summed E-state index contributed by atoms with van der Waals surface area (Å²) in [5, 5.41) is 2.96. The molecule has 0 unspecified atom stereocenters. The number of carbonyl (C=O) groups is 1. The molecule has 0 spiro atoms. The van der Waals surface area contributed by atoms with Crippen molar-refractivity contribution in [1.29, 1.82) is 0 Å². The second kappa shape index (κ2) is 9.01. The number of rotatable bonds is 7. The smallest absolute Gasteiger partial charge is 0.244 e. The highest BCUT2D eigenvalue weighted by Crippen LogP contribution is 2.21. The lowest BCUT2D eigenvalue weighted by molar-refractivity contribution is -0.116. The van der Waals surface area contributed by atoms with Crippen molar-refractivity contribution in [2.24, 2.45) is 0 Å². The van der Waals surface area contributed by atoms with Crippen molar-refractivity contribution in [3.05, 3.63) is 35.9 Å². The molecular weight excluding hydrogens is 292 g/mol. The Kier molecular flexibility index (Phi) is 7.00. The van der Waals surface area contributed by atoms with Crippen LogP contribution in [-0.2, 0) is 4.79 Å². The number of carbonyl (C=O) groups excluding carboxylic acids is 1. The Morgan fingerprint density at radius 1 is 1.32 bits per heavy atom. The van der Waals surface area contributed by atoms with Gasteiger partial charge in [-0.3, -0.25) is 4.79 Å². The van der Waals surface area contributed by atoms with Gasteiger partial charge < -0.3 is 10.2 Å². The number of hydrogen-bond donors (Lipinski definition) is 1. The van der Waals surface area contributed by atoms with Gasteiger partial charge in [0.15, 0.2) is 0 Å². The normalized spacial score (nSPS) is 15.8. The summed E-state index contributed by atoms with van der Waals surface area (Å²) in [6.45, 7) is 1.63. The summed E-state index contributed by atoms with van der Waals surface area (Å²) >= 11 is 1.72. The molecule has 1 amide bonds. The summed E-state index contributed by atoms with van der Waals surface area (Å²) in [6, 6.07) is 8.91. The Balaban J connectivity index is 1.69. The highest BCUT2D eigenvalue weighted by Gasteiger charge is 2.18. The molecule has 0 aliphatic heterocycles. The monoisotopic (exact) mass is 318 g/mol. The van der Waals surface area contributed by atoms with E-state index in [1.165, 1.54) is 30.6 Å². The molecule has 1 aromatic rings. The minimum Gasteiger partial charge on any atom is -0.351 e. The molecule has 0 bridgehead atoms.